The van der Waals surface area contributed by atoms with Gasteiger partial charge in [0.15, 0.2) is 0 Å². The van der Waals surface area contributed by atoms with E-state index in [2.05, 4.69) is 17.2 Å². The maximum absolute atomic E-state index is 5.86. The van der Waals surface area contributed by atoms with Crippen LogP contribution in [0.1, 0.15) is 13.3 Å². The monoisotopic (exact) mass is 230 g/mol. The average Bonchev–Trinajstić information content (AvgIpc) is 2.36. The second-order valence-electron chi connectivity index (χ2n) is 4.18. The molecule has 0 aliphatic heterocycles. The Morgan fingerprint density at radius 1 is 1.35 bits per heavy atom. The predicted molar refractivity (Wildman–Crippen MR) is 70.4 cm³/mol. The minimum Gasteiger partial charge on any atom is -0.491 e. The molecule has 0 bridgehead atoms. The van der Waals surface area contributed by atoms with Gasteiger partial charge in [0.25, 0.3) is 0 Å². The van der Waals surface area contributed by atoms with Crippen LogP contribution in [0.4, 0.5) is 0 Å². The lowest BCUT2D eigenvalue weighted by Gasteiger charge is -2.14. The molecule has 2 aromatic rings. The van der Waals surface area contributed by atoms with E-state index in [0.29, 0.717) is 0 Å². The Kier molecular flexibility index (Phi) is 3.94. The first-order valence-corrected chi connectivity index (χ1v) is 5.95. The zero-order chi connectivity index (χ0) is 12.1. The van der Waals surface area contributed by atoms with Gasteiger partial charge in [0.1, 0.15) is 5.75 Å². The van der Waals surface area contributed by atoms with E-state index in [1.165, 1.54) is 0 Å². The molecule has 1 aromatic heterocycles. The van der Waals surface area contributed by atoms with Gasteiger partial charge < -0.3 is 10.1 Å². The summed E-state index contributed by atoms with van der Waals surface area (Å²) in [6.45, 7) is 3.06. The summed E-state index contributed by atoms with van der Waals surface area (Å²) in [5.74, 6) is 0.911. The van der Waals surface area contributed by atoms with E-state index in [0.717, 1.165) is 29.6 Å². The van der Waals surface area contributed by atoms with Gasteiger partial charge in [-0.2, -0.15) is 0 Å². The summed E-state index contributed by atoms with van der Waals surface area (Å²) in [7, 11) is 1.95. The van der Waals surface area contributed by atoms with Crippen molar-refractivity contribution < 1.29 is 4.74 Å². The maximum Gasteiger partial charge on any atom is 0.120 e. The van der Waals surface area contributed by atoms with Crippen molar-refractivity contribution in [3.05, 3.63) is 36.5 Å². The Balaban J connectivity index is 2.08. The first-order chi connectivity index (χ1) is 8.29. The summed E-state index contributed by atoms with van der Waals surface area (Å²) < 4.78 is 5.86. The van der Waals surface area contributed by atoms with E-state index in [9.17, 15) is 0 Å². The molecule has 0 saturated heterocycles. The summed E-state index contributed by atoms with van der Waals surface area (Å²) >= 11 is 0. The smallest absolute Gasteiger partial charge is 0.120 e. The zero-order valence-electron chi connectivity index (χ0n) is 10.3. The largest absolute Gasteiger partial charge is 0.491 e. The number of fused-ring (bicyclic) bond motifs is 1. The Morgan fingerprint density at radius 2 is 2.24 bits per heavy atom. The number of pyridine rings is 1. The molecule has 3 heteroatoms. The number of benzene rings is 1. The van der Waals surface area contributed by atoms with Crippen molar-refractivity contribution in [2.24, 2.45) is 0 Å². The Labute approximate surface area is 102 Å². The Morgan fingerprint density at radius 3 is 3.06 bits per heavy atom. The van der Waals surface area contributed by atoms with E-state index >= 15 is 0 Å². The van der Waals surface area contributed by atoms with Crippen molar-refractivity contribution in [3.63, 3.8) is 0 Å². The first-order valence-electron chi connectivity index (χ1n) is 5.95. The van der Waals surface area contributed by atoms with Crippen LogP contribution in [0.15, 0.2) is 36.5 Å². The van der Waals surface area contributed by atoms with Gasteiger partial charge in [-0.1, -0.05) is 6.07 Å². The zero-order valence-corrected chi connectivity index (χ0v) is 10.3. The van der Waals surface area contributed by atoms with Crippen molar-refractivity contribution in [2.75, 3.05) is 13.6 Å². The second-order valence-corrected chi connectivity index (χ2v) is 4.18. The minimum atomic E-state index is 0.219. The highest BCUT2D eigenvalue weighted by Crippen LogP contribution is 2.20. The van der Waals surface area contributed by atoms with Crippen molar-refractivity contribution in [2.45, 2.75) is 19.4 Å². The lowest BCUT2D eigenvalue weighted by Crippen LogP contribution is -2.19. The van der Waals surface area contributed by atoms with E-state index < -0.39 is 0 Å². The van der Waals surface area contributed by atoms with E-state index in [4.69, 9.17) is 4.74 Å². The van der Waals surface area contributed by atoms with Gasteiger partial charge in [-0.05, 0) is 51.2 Å². The lowest BCUT2D eigenvalue weighted by atomic mass is 10.2. The molecule has 90 valence electrons. The van der Waals surface area contributed by atoms with Crippen LogP contribution in [0.25, 0.3) is 10.9 Å². The fourth-order valence-corrected chi connectivity index (χ4v) is 1.77. The molecule has 1 unspecified atom stereocenters. The molecule has 1 N–H and O–H groups in total. The van der Waals surface area contributed by atoms with Crippen LogP contribution < -0.4 is 10.1 Å². The molecule has 1 atom stereocenters. The molecule has 0 aliphatic rings. The van der Waals surface area contributed by atoms with Gasteiger partial charge in [-0.3, -0.25) is 4.98 Å². The van der Waals surface area contributed by atoms with Gasteiger partial charge >= 0.3 is 0 Å². The fraction of sp³-hybridized carbons (Fsp3) is 0.357. The number of rotatable bonds is 5. The highest BCUT2D eigenvalue weighted by atomic mass is 16.5. The molecule has 0 radical (unpaired) electrons. The van der Waals surface area contributed by atoms with Crippen LogP contribution in [-0.4, -0.2) is 24.7 Å². The van der Waals surface area contributed by atoms with E-state index in [1.807, 2.05) is 37.4 Å². The summed E-state index contributed by atoms with van der Waals surface area (Å²) in [4.78, 5) is 4.29. The average molecular weight is 230 g/mol. The molecule has 1 aromatic carbocycles. The molecular weight excluding hydrogens is 212 g/mol. The summed E-state index contributed by atoms with van der Waals surface area (Å²) in [6.07, 6.45) is 3.02. The topological polar surface area (TPSA) is 34.1 Å². The standard InChI is InChI=1S/C14H18N2O/c1-11(7-9-15-2)17-13-5-6-14-12(10-13)4-3-8-16-14/h3-6,8,10-11,15H,7,9H2,1-2H3. The minimum absolute atomic E-state index is 0.219. The van der Waals surface area contributed by atoms with Crippen LogP contribution in [-0.2, 0) is 0 Å². The molecule has 2 rings (SSSR count). The van der Waals surface area contributed by atoms with E-state index in [-0.39, 0.29) is 6.10 Å². The summed E-state index contributed by atoms with van der Waals surface area (Å²) in [5.41, 5.74) is 1.00. The predicted octanol–water partition coefficient (Wildman–Crippen LogP) is 2.61. The van der Waals surface area contributed by atoms with Crippen molar-refractivity contribution in [3.8, 4) is 5.75 Å². The molecule has 0 aliphatic carbocycles. The number of aromatic nitrogens is 1. The van der Waals surface area contributed by atoms with Crippen LogP contribution in [0.3, 0.4) is 0 Å². The molecule has 0 spiro atoms. The molecule has 3 nitrogen and oxygen atoms in total. The van der Waals surface area contributed by atoms with Crippen molar-refractivity contribution in [1.29, 1.82) is 0 Å². The summed E-state index contributed by atoms with van der Waals surface area (Å²) in [5, 5.41) is 4.24. The SMILES string of the molecule is CNCCC(C)Oc1ccc2ncccc2c1. The van der Waals surface area contributed by atoms with Crippen LogP contribution in [0.5, 0.6) is 5.75 Å². The lowest BCUT2D eigenvalue weighted by molar-refractivity contribution is 0.211. The van der Waals surface area contributed by atoms with Crippen molar-refractivity contribution in [1.82, 2.24) is 10.3 Å². The second kappa shape index (κ2) is 5.64. The van der Waals surface area contributed by atoms with Crippen LogP contribution in [0, 0.1) is 0 Å². The van der Waals surface area contributed by atoms with Gasteiger partial charge in [0.05, 0.1) is 11.6 Å². The third-order valence-corrected chi connectivity index (χ3v) is 2.71. The third kappa shape index (κ3) is 3.17. The third-order valence-electron chi connectivity index (χ3n) is 2.71. The molecule has 1 heterocycles. The summed E-state index contributed by atoms with van der Waals surface area (Å²) in [6, 6.07) is 10.0. The fourth-order valence-electron chi connectivity index (χ4n) is 1.77. The number of hydrogen-bond acceptors (Lipinski definition) is 3. The quantitative estimate of drug-likeness (QED) is 0.857. The molecule has 0 amide bonds. The normalized spacial score (nSPS) is 12.6. The number of nitrogens with zero attached hydrogens (tertiary/aromatic N) is 1. The van der Waals surface area contributed by atoms with Crippen molar-refractivity contribution >= 4 is 10.9 Å². The number of nitrogens with one attached hydrogen (secondary N) is 1. The van der Waals surface area contributed by atoms with Crippen LogP contribution in [0.2, 0.25) is 0 Å². The highest BCUT2D eigenvalue weighted by Gasteiger charge is 2.04. The number of ether oxygens (including phenoxy) is 1. The van der Waals surface area contributed by atoms with Gasteiger partial charge in [-0.15, -0.1) is 0 Å². The van der Waals surface area contributed by atoms with Gasteiger partial charge in [-0.25, -0.2) is 0 Å². The highest BCUT2D eigenvalue weighted by molar-refractivity contribution is 5.79. The van der Waals surface area contributed by atoms with E-state index in [1.54, 1.807) is 6.20 Å². The van der Waals surface area contributed by atoms with Gasteiger partial charge in [0.2, 0.25) is 0 Å². The Bertz CT molecular complexity index is 484. The molecular formula is C14H18N2O. The van der Waals surface area contributed by atoms with Crippen LogP contribution >= 0.6 is 0 Å². The molecule has 17 heavy (non-hydrogen) atoms. The molecule has 0 fully saturated rings. The molecule has 0 saturated carbocycles. The first kappa shape index (κ1) is 11.9. The Hall–Kier alpha value is -1.61. The van der Waals surface area contributed by atoms with Gasteiger partial charge in [0, 0.05) is 11.6 Å². The number of hydrogen-bond donors (Lipinski definition) is 1. The maximum atomic E-state index is 5.86.